The molecule has 0 unspecified atom stereocenters. The number of carbonyl (C=O) groups excluding carboxylic acids is 1. The molecule has 1 saturated heterocycles. The molecule has 0 radical (unpaired) electrons. The van der Waals surface area contributed by atoms with Crippen LogP contribution in [0.3, 0.4) is 0 Å². The number of amides is 1. The zero-order valence-electron chi connectivity index (χ0n) is 12.7. The first-order chi connectivity index (χ1) is 10.9. The lowest BCUT2D eigenvalue weighted by Gasteiger charge is -2.13. The molecule has 0 aliphatic carbocycles. The second-order valence-corrected chi connectivity index (χ2v) is 6.03. The summed E-state index contributed by atoms with van der Waals surface area (Å²) in [6.45, 7) is 3.94. The molecule has 7 heteroatoms. The molecular formula is C16H18F2N4O. The summed E-state index contributed by atoms with van der Waals surface area (Å²) < 4.78 is 28.1. The van der Waals surface area contributed by atoms with Crippen molar-refractivity contribution in [1.82, 2.24) is 14.7 Å². The monoisotopic (exact) mass is 320 g/mol. The number of hydrogen-bond acceptors (Lipinski definition) is 3. The number of aromatic nitrogens is 2. The van der Waals surface area contributed by atoms with E-state index in [0.29, 0.717) is 13.1 Å². The van der Waals surface area contributed by atoms with E-state index in [0.717, 1.165) is 18.3 Å². The number of hydrogen-bond donors (Lipinski definition) is 1. The number of likely N-dealkylation sites (tertiary alicyclic amines) is 1. The highest BCUT2D eigenvalue weighted by atomic mass is 19.1. The predicted molar refractivity (Wildman–Crippen MR) is 80.6 cm³/mol. The molecule has 0 bridgehead atoms. The minimum absolute atomic E-state index is 0.147. The highest BCUT2D eigenvalue weighted by Crippen LogP contribution is 2.24. The predicted octanol–water partition coefficient (Wildman–Crippen LogP) is 1.70. The van der Waals surface area contributed by atoms with Crippen LogP contribution < -0.4 is 5.73 Å². The molecule has 1 amide bonds. The van der Waals surface area contributed by atoms with E-state index in [2.05, 4.69) is 10.00 Å². The molecule has 2 N–H and O–H groups in total. The van der Waals surface area contributed by atoms with Gasteiger partial charge in [0.1, 0.15) is 11.5 Å². The van der Waals surface area contributed by atoms with Crippen LogP contribution in [0, 0.1) is 23.5 Å². The third-order valence-electron chi connectivity index (χ3n) is 4.24. The first kappa shape index (κ1) is 15.6. The summed E-state index contributed by atoms with van der Waals surface area (Å²) in [6, 6.07) is 5.16. The fraction of sp³-hybridized carbons (Fsp3) is 0.375. The van der Waals surface area contributed by atoms with E-state index < -0.39 is 11.6 Å². The van der Waals surface area contributed by atoms with Gasteiger partial charge in [0.05, 0.1) is 11.6 Å². The van der Waals surface area contributed by atoms with Crippen LogP contribution in [-0.2, 0) is 11.3 Å². The maximum atomic E-state index is 13.8. The number of primary amides is 1. The molecule has 2 atom stereocenters. The Morgan fingerprint density at radius 3 is 2.78 bits per heavy atom. The van der Waals surface area contributed by atoms with Gasteiger partial charge in [-0.3, -0.25) is 9.69 Å². The van der Waals surface area contributed by atoms with Crippen LogP contribution in [0.4, 0.5) is 8.78 Å². The summed E-state index contributed by atoms with van der Waals surface area (Å²) in [5.74, 6) is -1.50. The molecule has 0 saturated carbocycles. The van der Waals surface area contributed by atoms with Crippen molar-refractivity contribution < 1.29 is 13.6 Å². The number of nitrogens with two attached hydrogens (primary N) is 1. The first-order valence-electron chi connectivity index (χ1n) is 7.45. The van der Waals surface area contributed by atoms with Gasteiger partial charge in [-0.1, -0.05) is 6.92 Å². The van der Waals surface area contributed by atoms with Crippen LogP contribution in [0.25, 0.3) is 5.69 Å². The van der Waals surface area contributed by atoms with Crippen molar-refractivity contribution in [3.05, 3.63) is 47.8 Å². The van der Waals surface area contributed by atoms with E-state index >= 15 is 0 Å². The summed E-state index contributed by atoms with van der Waals surface area (Å²) in [4.78, 5) is 13.5. The van der Waals surface area contributed by atoms with Gasteiger partial charge in [-0.25, -0.2) is 13.5 Å². The van der Waals surface area contributed by atoms with Gasteiger partial charge in [-0.2, -0.15) is 5.10 Å². The highest BCUT2D eigenvalue weighted by molar-refractivity contribution is 5.77. The summed E-state index contributed by atoms with van der Waals surface area (Å²) in [6.07, 6.45) is 1.64. The Hall–Kier alpha value is -2.28. The molecule has 0 spiro atoms. The lowest BCUT2D eigenvalue weighted by atomic mass is 9.98. The Kier molecular flexibility index (Phi) is 4.12. The van der Waals surface area contributed by atoms with E-state index in [-0.39, 0.29) is 23.4 Å². The Morgan fingerprint density at radius 1 is 1.35 bits per heavy atom. The molecule has 3 rings (SSSR count). The van der Waals surface area contributed by atoms with Gasteiger partial charge in [-0.15, -0.1) is 0 Å². The number of halogens is 2. The molecule has 1 aromatic carbocycles. The van der Waals surface area contributed by atoms with E-state index in [1.165, 1.54) is 16.8 Å². The fourth-order valence-electron chi connectivity index (χ4n) is 3.04. The van der Waals surface area contributed by atoms with Crippen molar-refractivity contribution in [3.63, 3.8) is 0 Å². The molecule has 122 valence electrons. The quantitative estimate of drug-likeness (QED) is 0.932. The van der Waals surface area contributed by atoms with Crippen LogP contribution in [0.15, 0.2) is 30.5 Å². The van der Waals surface area contributed by atoms with Gasteiger partial charge in [0.25, 0.3) is 0 Å². The normalized spacial score (nSPS) is 21.7. The topological polar surface area (TPSA) is 64.2 Å². The van der Waals surface area contributed by atoms with Gasteiger partial charge >= 0.3 is 0 Å². The smallest absolute Gasteiger partial charge is 0.222 e. The summed E-state index contributed by atoms with van der Waals surface area (Å²) in [5.41, 5.74) is 6.35. The summed E-state index contributed by atoms with van der Waals surface area (Å²) in [7, 11) is 0. The molecule has 1 fully saturated rings. The van der Waals surface area contributed by atoms with E-state index in [9.17, 15) is 13.6 Å². The fourth-order valence-corrected chi connectivity index (χ4v) is 3.04. The SMILES string of the molecule is C[C@@H]1CN(Cc2ccn(-c3ccc(F)cc3F)n2)C[C@H]1C(N)=O. The number of benzene rings is 1. The van der Waals surface area contributed by atoms with Gasteiger partial charge in [-0.05, 0) is 24.1 Å². The van der Waals surface area contributed by atoms with Crippen LogP contribution in [0.1, 0.15) is 12.6 Å². The Labute approximate surface area is 132 Å². The minimum Gasteiger partial charge on any atom is -0.369 e. The Bertz CT molecular complexity index is 731. The van der Waals surface area contributed by atoms with Crippen LogP contribution in [0.5, 0.6) is 0 Å². The summed E-state index contributed by atoms with van der Waals surface area (Å²) >= 11 is 0. The van der Waals surface area contributed by atoms with Crippen molar-refractivity contribution >= 4 is 5.91 Å². The Morgan fingerprint density at radius 2 is 2.13 bits per heavy atom. The first-order valence-corrected chi connectivity index (χ1v) is 7.45. The van der Waals surface area contributed by atoms with Crippen LogP contribution in [0.2, 0.25) is 0 Å². The largest absolute Gasteiger partial charge is 0.369 e. The number of rotatable bonds is 4. The second kappa shape index (κ2) is 6.08. The third-order valence-corrected chi connectivity index (χ3v) is 4.24. The van der Waals surface area contributed by atoms with Crippen molar-refractivity contribution in [2.75, 3.05) is 13.1 Å². The maximum Gasteiger partial charge on any atom is 0.222 e. The van der Waals surface area contributed by atoms with Crippen molar-refractivity contribution in [3.8, 4) is 5.69 Å². The second-order valence-electron chi connectivity index (χ2n) is 6.03. The highest BCUT2D eigenvalue weighted by Gasteiger charge is 2.33. The molecule has 1 aliphatic rings. The molecular weight excluding hydrogens is 302 g/mol. The zero-order valence-corrected chi connectivity index (χ0v) is 12.7. The standard InChI is InChI=1S/C16H18F2N4O/c1-10-7-21(9-13(10)16(19)23)8-12-4-5-22(20-12)15-3-2-11(17)6-14(15)18/h2-6,10,13H,7-9H2,1H3,(H2,19,23)/t10-,13-/m1/s1. The Balaban J connectivity index is 1.72. The molecule has 1 aromatic heterocycles. The van der Waals surface area contributed by atoms with E-state index in [1.807, 2.05) is 6.92 Å². The van der Waals surface area contributed by atoms with Gasteiger partial charge < -0.3 is 5.73 Å². The van der Waals surface area contributed by atoms with Crippen molar-refractivity contribution in [1.29, 1.82) is 0 Å². The average Bonchev–Trinajstić information content (AvgIpc) is 3.06. The number of carbonyl (C=O) groups is 1. The maximum absolute atomic E-state index is 13.8. The van der Waals surface area contributed by atoms with Gasteiger partial charge in [0, 0.05) is 31.9 Å². The third kappa shape index (κ3) is 3.24. The molecule has 2 aromatic rings. The van der Waals surface area contributed by atoms with Crippen molar-refractivity contribution in [2.45, 2.75) is 13.5 Å². The van der Waals surface area contributed by atoms with Gasteiger partial charge in [0.15, 0.2) is 5.82 Å². The van der Waals surface area contributed by atoms with Crippen LogP contribution in [-0.4, -0.2) is 33.7 Å². The molecule has 5 nitrogen and oxygen atoms in total. The summed E-state index contributed by atoms with van der Waals surface area (Å²) in [5, 5.41) is 4.33. The molecule has 2 heterocycles. The van der Waals surface area contributed by atoms with E-state index in [1.54, 1.807) is 12.3 Å². The molecule has 1 aliphatic heterocycles. The van der Waals surface area contributed by atoms with E-state index in [4.69, 9.17) is 5.73 Å². The molecule has 23 heavy (non-hydrogen) atoms. The average molecular weight is 320 g/mol. The minimum atomic E-state index is -0.664. The van der Waals surface area contributed by atoms with Crippen molar-refractivity contribution in [2.24, 2.45) is 17.6 Å². The number of nitrogens with zero attached hydrogens (tertiary/aromatic N) is 3. The zero-order chi connectivity index (χ0) is 16.6. The van der Waals surface area contributed by atoms with Crippen LogP contribution >= 0.6 is 0 Å². The van der Waals surface area contributed by atoms with Gasteiger partial charge in [0.2, 0.25) is 5.91 Å². The lowest BCUT2D eigenvalue weighted by molar-refractivity contribution is -0.122. The lowest BCUT2D eigenvalue weighted by Crippen LogP contribution is -2.29.